The van der Waals surface area contributed by atoms with Gasteiger partial charge < -0.3 is 5.32 Å². The molecule has 0 radical (unpaired) electrons. The standard InChI is InChI=1S/C10H15ClN2S/c1-2-8-6-14-10(13-8)12-5-9(11)7-3-4-7/h6-7,9H,2-5H2,1H3,(H,12,13). The monoisotopic (exact) mass is 230 g/mol. The van der Waals surface area contributed by atoms with Crippen molar-refractivity contribution in [2.45, 2.75) is 31.6 Å². The molecule has 1 saturated carbocycles. The molecule has 1 unspecified atom stereocenters. The molecule has 1 atom stereocenters. The highest BCUT2D eigenvalue weighted by Crippen LogP contribution is 2.35. The van der Waals surface area contributed by atoms with Gasteiger partial charge in [-0.15, -0.1) is 22.9 Å². The third kappa shape index (κ3) is 2.61. The molecule has 14 heavy (non-hydrogen) atoms. The van der Waals surface area contributed by atoms with Gasteiger partial charge in [-0.3, -0.25) is 0 Å². The number of nitrogens with one attached hydrogen (secondary N) is 1. The van der Waals surface area contributed by atoms with Crippen LogP contribution < -0.4 is 5.32 Å². The van der Waals surface area contributed by atoms with Gasteiger partial charge >= 0.3 is 0 Å². The molecule has 2 rings (SSSR count). The van der Waals surface area contributed by atoms with Crippen molar-refractivity contribution in [1.82, 2.24) is 4.98 Å². The first-order chi connectivity index (χ1) is 6.79. The average molecular weight is 231 g/mol. The second-order valence-corrected chi connectivity index (χ2v) is 5.15. The molecule has 0 saturated heterocycles. The minimum atomic E-state index is 0.281. The summed E-state index contributed by atoms with van der Waals surface area (Å²) >= 11 is 7.85. The van der Waals surface area contributed by atoms with Crippen molar-refractivity contribution in [2.24, 2.45) is 5.92 Å². The first-order valence-corrected chi connectivity index (χ1v) is 6.43. The number of anilines is 1. The number of halogens is 1. The van der Waals surface area contributed by atoms with Crippen LogP contribution in [0.1, 0.15) is 25.5 Å². The normalized spacial score (nSPS) is 18.1. The maximum Gasteiger partial charge on any atom is 0.182 e. The molecule has 2 nitrogen and oxygen atoms in total. The summed E-state index contributed by atoms with van der Waals surface area (Å²) in [6.07, 6.45) is 3.60. The second-order valence-electron chi connectivity index (χ2n) is 3.73. The molecule has 0 aromatic carbocycles. The summed E-state index contributed by atoms with van der Waals surface area (Å²) in [5.74, 6) is 0.745. The van der Waals surface area contributed by atoms with E-state index in [-0.39, 0.29) is 5.38 Å². The molecule has 1 N–H and O–H groups in total. The maximum atomic E-state index is 6.18. The molecule has 0 aliphatic heterocycles. The van der Waals surface area contributed by atoms with Gasteiger partial charge in [0.1, 0.15) is 0 Å². The van der Waals surface area contributed by atoms with E-state index in [0.717, 1.165) is 29.7 Å². The Labute approximate surface area is 93.7 Å². The van der Waals surface area contributed by atoms with Crippen LogP contribution in [0.15, 0.2) is 5.38 Å². The molecular weight excluding hydrogens is 216 g/mol. The zero-order chi connectivity index (χ0) is 9.97. The number of alkyl halides is 1. The molecule has 1 aliphatic rings. The lowest BCUT2D eigenvalue weighted by Gasteiger charge is -2.07. The summed E-state index contributed by atoms with van der Waals surface area (Å²) < 4.78 is 0. The molecule has 1 heterocycles. The van der Waals surface area contributed by atoms with E-state index in [2.05, 4.69) is 22.6 Å². The smallest absolute Gasteiger partial charge is 0.182 e. The third-order valence-electron chi connectivity index (χ3n) is 2.50. The minimum absolute atomic E-state index is 0.281. The molecule has 0 spiro atoms. The van der Waals surface area contributed by atoms with Gasteiger partial charge in [0.2, 0.25) is 0 Å². The predicted octanol–water partition coefficient (Wildman–Crippen LogP) is 3.13. The summed E-state index contributed by atoms with van der Waals surface area (Å²) in [5, 5.41) is 6.68. The van der Waals surface area contributed by atoms with Gasteiger partial charge in [-0.05, 0) is 25.2 Å². The summed E-state index contributed by atoms with van der Waals surface area (Å²) in [6, 6.07) is 0. The zero-order valence-corrected chi connectivity index (χ0v) is 9.87. The zero-order valence-electron chi connectivity index (χ0n) is 8.29. The second kappa shape index (κ2) is 4.49. The van der Waals surface area contributed by atoms with Gasteiger partial charge in [-0.2, -0.15) is 0 Å². The topological polar surface area (TPSA) is 24.9 Å². The van der Waals surface area contributed by atoms with Crippen LogP contribution in [0.2, 0.25) is 0 Å². The molecule has 0 amide bonds. The SMILES string of the molecule is CCc1csc(NCC(Cl)C2CC2)n1. The van der Waals surface area contributed by atoms with E-state index in [4.69, 9.17) is 11.6 Å². The van der Waals surface area contributed by atoms with Crippen molar-refractivity contribution in [3.05, 3.63) is 11.1 Å². The molecule has 1 fully saturated rings. The van der Waals surface area contributed by atoms with Crippen molar-refractivity contribution in [2.75, 3.05) is 11.9 Å². The van der Waals surface area contributed by atoms with Crippen molar-refractivity contribution in [3.63, 3.8) is 0 Å². The van der Waals surface area contributed by atoms with E-state index in [1.807, 2.05) is 0 Å². The van der Waals surface area contributed by atoms with Crippen LogP contribution in [-0.2, 0) is 6.42 Å². The summed E-state index contributed by atoms with van der Waals surface area (Å²) in [7, 11) is 0. The first-order valence-electron chi connectivity index (χ1n) is 5.12. The number of aryl methyl sites for hydroxylation is 1. The van der Waals surface area contributed by atoms with Crippen molar-refractivity contribution >= 4 is 28.1 Å². The van der Waals surface area contributed by atoms with E-state index in [1.54, 1.807) is 11.3 Å². The van der Waals surface area contributed by atoms with E-state index in [1.165, 1.54) is 12.8 Å². The van der Waals surface area contributed by atoms with Crippen molar-refractivity contribution < 1.29 is 0 Å². The lowest BCUT2D eigenvalue weighted by molar-refractivity contribution is 0.769. The largest absolute Gasteiger partial charge is 0.360 e. The number of hydrogen-bond acceptors (Lipinski definition) is 3. The number of hydrogen-bond donors (Lipinski definition) is 1. The number of aromatic nitrogens is 1. The molecule has 4 heteroatoms. The van der Waals surface area contributed by atoms with Crippen LogP contribution in [0.3, 0.4) is 0 Å². The molecule has 1 aromatic rings. The van der Waals surface area contributed by atoms with Crippen LogP contribution in [0, 0.1) is 5.92 Å². The summed E-state index contributed by atoms with van der Waals surface area (Å²) in [6.45, 7) is 2.97. The molecule has 0 bridgehead atoms. The summed E-state index contributed by atoms with van der Waals surface area (Å²) in [5.41, 5.74) is 1.16. The Balaban J connectivity index is 1.78. The number of rotatable bonds is 5. The highest BCUT2D eigenvalue weighted by molar-refractivity contribution is 7.13. The number of thiazole rings is 1. The highest BCUT2D eigenvalue weighted by Gasteiger charge is 2.29. The van der Waals surface area contributed by atoms with Crippen LogP contribution >= 0.6 is 22.9 Å². The maximum absolute atomic E-state index is 6.18. The van der Waals surface area contributed by atoms with Gasteiger partial charge in [0.05, 0.1) is 11.1 Å². The van der Waals surface area contributed by atoms with Gasteiger partial charge in [0, 0.05) is 11.9 Å². The van der Waals surface area contributed by atoms with Crippen molar-refractivity contribution in [1.29, 1.82) is 0 Å². The van der Waals surface area contributed by atoms with Crippen molar-refractivity contribution in [3.8, 4) is 0 Å². The number of nitrogens with zero attached hydrogens (tertiary/aromatic N) is 1. The van der Waals surface area contributed by atoms with Gasteiger partial charge in [0.15, 0.2) is 5.13 Å². The van der Waals surface area contributed by atoms with E-state index < -0.39 is 0 Å². The van der Waals surface area contributed by atoms with Gasteiger partial charge in [-0.25, -0.2) is 4.98 Å². The third-order valence-corrected chi connectivity index (χ3v) is 3.86. The van der Waals surface area contributed by atoms with Crippen LogP contribution in [-0.4, -0.2) is 16.9 Å². The quantitative estimate of drug-likeness (QED) is 0.787. The lowest BCUT2D eigenvalue weighted by atomic mass is 10.3. The van der Waals surface area contributed by atoms with E-state index in [0.29, 0.717) is 0 Å². The lowest BCUT2D eigenvalue weighted by Crippen LogP contribution is -2.15. The fourth-order valence-corrected chi connectivity index (χ4v) is 2.49. The Bertz CT molecular complexity index is 296. The Kier molecular flexibility index (Phi) is 3.29. The Hall–Kier alpha value is -0.280. The molecule has 1 aliphatic carbocycles. The van der Waals surface area contributed by atoms with Gasteiger partial charge in [0.25, 0.3) is 0 Å². The Morgan fingerprint density at radius 1 is 1.71 bits per heavy atom. The van der Waals surface area contributed by atoms with E-state index in [9.17, 15) is 0 Å². The molecular formula is C10H15ClN2S. The first kappa shape index (κ1) is 10.2. The summed E-state index contributed by atoms with van der Waals surface area (Å²) in [4.78, 5) is 4.43. The van der Waals surface area contributed by atoms with Crippen LogP contribution in [0.5, 0.6) is 0 Å². The average Bonchev–Trinajstić information content (AvgIpc) is 2.94. The highest BCUT2D eigenvalue weighted by atomic mass is 35.5. The molecule has 1 aromatic heterocycles. The van der Waals surface area contributed by atoms with Crippen LogP contribution in [0.4, 0.5) is 5.13 Å². The fraction of sp³-hybridized carbons (Fsp3) is 0.700. The minimum Gasteiger partial charge on any atom is -0.360 e. The molecule has 78 valence electrons. The Morgan fingerprint density at radius 3 is 3.07 bits per heavy atom. The fourth-order valence-electron chi connectivity index (χ4n) is 1.36. The predicted molar refractivity (Wildman–Crippen MR) is 62.3 cm³/mol. The van der Waals surface area contributed by atoms with E-state index >= 15 is 0 Å². The van der Waals surface area contributed by atoms with Crippen LogP contribution in [0.25, 0.3) is 0 Å². The Morgan fingerprint density at radius 2 is 2.50 bits per heavy atom. The van der Waals surface area contributed by atoms with Gasteiger partial charge in [-0.1, -0.05) is 6.92 Å².